The molecule has 2 amide bonds. The molecule has 2 aliphatic rings. The van der Waals surface area contributed by atoms with Gasteiger partial charge in [-0.2, -0.15) is 11.8 Å². The lowest BCUT2D eigenvalue weighted by molar-refractivity contribution is -0.149. The maximum Gasteiger partial charge on any atom is 0.305 e. The summed E-state index contributed by atoms with van der Waals surface area (Å²) in [5.74, 6) is 1.04. The summed E-state index contributed by atoms with van der Waals surface area (Å²) < 4.78 is 0. The van der Waals surface area contributed by atoms with E-state index in [-0.39, 0.29) is 18.2 Å². The highest BCUT2D eigenvalue weighted by molar-refractivity contribution is 7.99. The van der Waals surface area contributed by atoms with Gasteiger partial charge in [0.2, 0.25) is 11.8 Å². The first kappa shape index (κ1) is 15.2. The van der Waals surface area contributed by atoms with Crippen molar-refractivity contribution in [3.05, 3.63) is 0 Å². The van der Waals surface area contributed by atoms with Crippen molar-refractivity contribution in [3.63, 3.8) is 0 Å². The van der Waals surface area contributed by atoms with E-state index in [2.05, 4.69) is 5.32 Å². The summed E-state index contributed by atoms with van der Waals surface area (Å²) in [6.07, 6.45) is 2.17. The molecule has 0 radical (unpaired) electrons. The topological polar surface area (TPSA) is 86.7 Å². The van der Waals surface area contributed by atoms with E-state index in [4.69, 9.17) is 5.11 Å². The zero-order valence-corrected chi connectivity index (χ0v) is 12.2. The van der Waals surface area contributed by atoms with Crippen LogP contribution >= 0.6 is 11.8 Å². The lowest BCUT2D eigenvalue weighted by Gasteiger charge is -2.35. The minimum atomic E-state index is -1.06. The Morgan fingerprint density at radius 1 is 1.30 bits per heavy atom. The van der Waals surface area contributed by atoms with E-state index in [0.717, 1.165) is 24.3 Å². The van der Waals surface area contributed by atoms with Crippen molar-refractivity contribution in [2.24, 2.45) is 5.92 Å². The fourth-order valence-electron chi connectivity index (χ4n) is 2.70. The number of carbonyl (C=O) groups is 3. The average Bonchev–Trinajstić information content (AvgIpc) is 2.41. The summed E-state index contributed by atoms with van der Waals surface area (Å²) in [5.41, 5.74) is 0. The molecule has 2 N–H and O–H groups in total. The molecule has 0 saturated carbocycles. The summed E-state index contributed by atoms with van der Waals surface area (Å²) in [6, 6.07) is -0.855. The molecule has 1 atom stereocenters. The summed E-state index contributed by atoms with van der Waals surface area (Å²) in [7, 11) is 0. The van der Waals surface area contributed by atoms with Crippen LogP contribution in [0.25, 0.3) is 0 Å². The van der Waals surface area contributed by atoms with Gasteiger partial charge in [-0.05, 0) is 30.3 Å². The number of nitrogens with one attached hydrogen (secondary N) is 1. The third kappa shape index (κ3) is 3.88. The number of carboxylic acid groups (broad SMARTS) is 1. The third-order valence-corrected chi connectivity index (χ3v) is 4.87. The zero-order chi connectivity index (χ0) is 14.5. The average molecular weight is 300 g/mol. The monoisotopic (exact) mass is 300 g/mol. The molecule has 112 valence electrons. The van der Waals surface area contributed by atoms with Crippen LogP contribution in [0.15, 0.2) is 0 Å². The molecule has 0 spiro atoms. The summed E-state index contributed by atoms with van der Waals surface area (Å²) in [4.78, 5) is 36.4. The molecule has 0 aromatic carbocycles. The van der Waals surface area contributed by atoms with Crippen molar-refractivity contribution >= 4 is 29.5 Å². The highest BCUT2D eigenvalue weighted by Crippen LogP contribution is 2.26. The molecule has 0 aromatic rings. The van der Waals surface area contributed by atoms with E-state index < -0.39 is 12.0 Å². The van der Waals surface area contributed by atoms with Crippen LogP contribution in [0.5, 0.6) is 0 Å². The lowest BCUT2D eigenvalue weighted by atomic mass is 9.97. The third-order valence-electron chi connectivity index (χ3n) is 3.82. The first-order valence-electron chi connectivity index (χ1n) is 6.94. The highest BCUT2D eigenvalue weighted by Gasteiger charge is 2.35. The highest BCUT2D eigenvalue weighted by atomic mass is 32.2. The molecule has 0 bridgehead atoms. The number of carboxylic acids is 1. The Labute approximate surface area is 122 Å². The number of thioether (sulfide) groups is 1. The maximum absolute atomic E-state index is 12.3. The quantitative estimate of drug-likeness (QED) is 0.781. The number of nitrogens with zero attached hydrogens (tertiary/aromatic N) is 1. The van der Waals surface area contributed by atoms with Gasteiger partial charge in [0.25, 0.3) is 0 Å². The number of rotatable bonds is 4. The number of hydrogen-bond acceptors (Lipinski definition) is 4. The van der Waals surface area contributed by atoms with Crippen molar-refractivity contribution < 1.29 is 19.5 Å². The standard InChI is InChI=1S/C13H20N2O4S/c16-11(7-9-1-5-20-6-2-9)15-4-3-14-13(19)10(15)8-12(17)18/h9-10H,1-8H2,(H,14,19)(H,17,18). The van der Waals surface area contributed by atoms with Crippen molar-refractivity contribution in [2.45, 2.75) is 31.7 Å². The van der Waals surface area contributed by atoms with E-state index in [1.165, 1.54) is 4.90 Å². The number of carbonyl (C=O) groups excluding carboxylic acids is 2. The minimum Gasteiger partial charge on any atom is -0.481 e. The molecule has 6 nitrogen and oxygen atoms in total. The van der Waals surface area contributed by atoms with Crippen LogP contribution in [0.4, 0.5) is 0 Å². The van der Waals surface area contributed by atoms with Gasteiger partial charge in [0.05, 0.1) is 6.42 Å². The minimum absolute atomic E-state index is 0.0806. The van der Waals surface area contributed by atoms with Gasteiger partial charge in [-0.3, -0.25) is 14.4 Å². The number of aliphatic carboxylic acids is 1. The Bertz CT molecular complexity index is 396. The molecule has 0 aromatic heterocycles. The van der Waals surface area contributed by atoms with Crippen LogP contribution in [0.1, 0.15) is 25.7 Å². The van der Waals surface area contributed by atoms with Gasteiger partial charge in [0.15, 0.2) is 0 Å². The van der Waals surface area contributed by atoms with Gasteiger partial charge in [-0.1, -0.05) is 0 Å². The Morgan fingerprint density at radius 2 is 2.00 bits per heavy atom. The normalized spacial score (nSPS) is 24.3. The molecule has 20 heavy (non-hydrogen) atoms. The number of piperazine rings is 1. The first-order valence-corrected chi connectivity index (χ1v) is 8.10. The predicted octanol–water partition coefficient (Wildman–Crippen LogP) is 0.321. The fourth-order valence-corrected chi connectivity index (χ4v) is 3.90. The van der Waals surface area contributed by atoms with Crippen molar-refractivity contribution in [1.29, 1.82) is 0 Å². The maximum atomic E-state index is 12.3. The van der Waals surface area contributed by atoms with Crippen LogP contribution in [0, 0.1) is 5.92 Å². The van der Waals surface area contributed by atoms with Crippen LogP contribution < -0.4 is 5.32 Å². The Kier molecular flexibility index (Phi) is 5.28. The summed E-state index contributed by atoms with van der Waals surface area (Å²) in [6.45, 7) is 0.811. The van der Waals surface area contributed by atoms with E-state index in [9.17, 15) is 14.4 Å². The Balaban J connectivity index is 1.97. The van der Waals surface area contributed by atoms with E-state index >= 15 is 0 Å². The van der Waals surface area contributed by atoms with Gasteiger partial charge in [0, 0.05) is 19.5 Å². The molecule has 1 unspecified atom stereocenters. The molecule has 2 fully saturated rings. The first-order chi connectivity index (χ1) is 9.58. The Hall–Kier alpha value is -1.24. The fraction of sp³-hybridized carbons (Fsp3) is 0.769. The van der Waals surface area contributed by atoms with Crippen LogP contribution in [0.2, 0.25) is 0 Å². The number of amides is 2. The molecule has 2 rings (SSSR count). The molecular formula is C13H20N2O4S. The molecule has 2 aliphatic heterocycles. The van der Waals surface area contributed by atoms with Crippen molar-refractivity contribution in [3.8, 4) is 0 Å². The van der Waals surface area contributed by atoms with Crippen molar-refractivity contribution in [1.82, 2.24) is 10.2 Å². The van der Waals surface area contributed by atoms with E-state index in [1.54, 1.807) is 0 Å². The van der Waals surface area contributed by atoms with Crippen LogP contribution in [-0.2, 0) is 14.4 Å². The van der Waals surface area contributed by atoms with E-state index in [1.807, 2.05) is 11.8 Å². The van der Waals surface area contributed by atoms with Crippen LogP contribution in [0.3, 0.4) is 0 Å². The van der Waals surface area contributed by atoms with Gasteiger partial charge in [-0.15, -0.1) is 0 Å². The molecule has 0 aliphatic carbocycles. The molecule has 2 saturated heterocycles. The second-order valence-corrected chi connectivity index (χ2v) is 6.48. The smallest absolute Gasteiger partial charge is 0.305 e. The largest absolute Gasteiger partial charge is 0.481 e. The molecule has 2 heterocycles. The molecular weight excluding hydrogens is 280 g/mol. The lowest BCUT2D eigenvalue weighted by Crippen LogP contribution is -2.58. The zero-order valence-electron chi connectivity index (χ0n) is 11.3. The second-order valence-electron chi connectivity index (χ2n) is 5.25. The van der Waals surface area contributed by atoms with Gasteiger partial charge >= 0.3 is 5.97 Å². The second kappa shape index (κ2) is 6.97. The van der Waals surface area contributed by atoms with E-state index in [0.29, 0.717) is 25.4 Å². The van der Waals surface area contributed by atoms with Crippen LogP contribution in [-0.4, -0.2) is 58.4 Å². The SMILES string of the molecule is O=C(O)CC1C(=O)NCCN1C(=O)CC1CCSCC1. The van der Waals surface area contributed by atoms with Gasteiger partial charge < -0.3 is 15.3 Å². The van der Waals surface area contributed by atoms with Gasteiger partial charge in [-0.25, -0.2) is 0 Å². The predicted molar refractivity (Wildman–Crippen MR) is 75.4 cm³/mol. The van der Waals surface area contributed by atoms with Gasteiger partial charge in [0.1, 0.15) is 6.04 Å². The number of hydrogen-bond donors (Lipinski definition) is 2. The van der Waals surface area contributed by atoms with Crippen molar-refractivity contribution in [2.75, 3.05) is 24.6 Å². The summed E-state index contributed by atoms with van der Waals surface area (Å²) >= 11 is 1.90. The Morgan fingerprint density at radius 3 is 2.65 bits per heavy atom. The molecule has 7 heteroatoms. The summed E-state index contributed by atoms with van der Waals surface area (Å²) in [5, 5.41) is 11.5.